The van der Waals surface area contributed by atoms with Gasteiger partial charge in [0, 0.05) is 6.54 Å². The van der Waals surface area contributed by atoms with Crippen molar-refractivity contribution in [2.75, 3.05) is 12.1 Å². The van der Waals surface area contributed by atoms with Crippen molar-refractivity contribution < 1.29 is 19.1 Å². The number of amides is 2. The molecule has 2 aromatic rings. The number of aromatic amines is 1. The maximum atomic E-state index is 11.6. The van der Waals surface area contributed by atoms with Gasteiger partial charge in [0.05, 0.1) is 0 Å². The molecule has 0 saturated carbocycles. The Hall–Kier alpha value is -3.10. The second-order valence-corrected chi connectivity index (χ2v) is 4.16. The Morgan fingerprint density at radius 3 is 2.90 bits per heavy atom. The lowest BCUT2D eigenvalue weighted by atomic mass is 10.2. The predicted octanol–water partition coefficient (Wildman–Crippen LogP) is -0.212. The van der Waals surface area contributed by atoms with E-state index in [4.69, 9.17) is 9.47 Å². The van der Waals surface area contributed by atoms with Crippen LogP contribution in [0.4, 0.5) is 5.95 Å². The molecular weight excluding hydrogens is 278 g/mol. The summed E-state index contributed by atoms with van der Waals surface area (Å²) in [7, 11) is 0. The molecule has 108 valence electrons. The highest BCUT2D eigenvalue weighted by molar-refractivity contribution is 6.39. The summed E-state index contributed by atoms with van der Waals surface area (Å²) in [6.45, 7) is 0.379. The molecule has 21 heavy (non-hydrogen) atoms. The Bertz CT molecular complexity index is 670. The van der Waals surface area contributed by atoms with Crippen LogP contribution in [-0.4, -0.2) is 33.8 Å². The molecule has 0 unspecified atom stereocenters. The largest absolute Gasteiger partial charge is 0.454 e. The number of nitrogens with one attached hydrogen (secondary N) is 3. The SMILES string of the molecule is O=C(NCc1ccc2c(c1)OCO2)C(=O)Nc1ncn[nH]1. The third-order valence-corrected chi connectivity index (χ3v) is 2.74. The van der Waals surface area contributed by atoms with Crippen molar-refractivity contribution in [2.24, 2.45) is 0 Å². The minimum Gasteiger partial charge on any atom is -0.454 e. The van der Waals surface area contributed by atoms with Gasteiger partial charge in [0.25, 0.3) is 0 Å². The minimum absolute atomic E-state index is 0.109. The molecule has 1 aromatic heterocycles. The van der Waals surface area contributed by atoms with Crippen LogP contribution in [0.1, 0.15) is 5.56 Å². The van der Waals surface area contributed by atoms with Gasteiger partial charge in [-0.05, 0) is 17.7 Å². The zero-order valence-electron chi connectivity index (χ0n) is 10.8. The topological polar surface area (TPSA) is 118 Å². The first-order valence-corrected chi connectivity index (χ1v) is 6.05. The van der Waals surface area contributed by atoms with E-state index in [1.54, 1.807) is 18.2 Å². The van der Waals surface area contributed by atoms with E-state index in [0.717, 1.165) is 5.56 Å². The maximum absolute atomic E-state index is 11.6. The van der Waals surface area contributed by atoms with Crippen LogP contribution >= 0.6 is 0 Å². The number of ether oxygens (including phenoxy) is 2. The number of anilines is 1. The lowest BCUT2D eigenvalue weighted by Crippen LogP contribution is -2.35. The molecule has 0 atom stereocenters. The van der Waals surface area contributed by atoms with E-state index in [-0.39, 0.29) is 19.3 Å². The molecule has 3 N–H and O–H groups in total. The molecule has 0 bridgehead atoms. The average Bonchev–Trinajstić information content (AvgIpc) is 3.14. The minimum atomic E-state index is -0.826. The van der Waals surface area contributed by atoms with Gasteiger partial charge in [-0.1, -0.05) is 6.07 Å². The molecule has 0 aliphatic carbocycles. The Labute approximate surface area is 118 Å². The predicted molar refractivity (Wildman–Crippen MR) is 69.4 cm³/mol. The summed E-state index contributed by atoms with van der Waals surface area (Å²) in [6, 6.07) is 5.28. The quantitative estimate of drug-likeness (QED) is 0.673. The standard InChI is InChI=1S/C12H11N5O4/c18-10(11(19)16-12-14-5-15-17-12)13-4-7-1-2-8-9(3-7)21-6-20-8/h1-3,5H,4,6H2,(H,13,18)(H2,14,15,16,17,19). The Morgan fingerprint density at radius 2 is 2.10 bits per heavy atom. The number of fused-ring (bicyclic) bond motifs is 1. The van der Waals surface area contributed by atoms with Gasteiger partial charge in [-0.15, -0.1) is 0 Å². The zero-order valence-corrected chi connectivity index (χ0v) is 10.8. The van der Waals surface area contributed by atoms with Crippen LogP contribution in [0.15, 0.2) is 24.5 Å². The van der Waals surface area contributed by atoms with Gasteiger partial charge < -0.3 is 14.8 Å². The van der Waals surface area contributed by atoms with Crippen LogP contribution < -0.4 is 20.1 Å². The average molecular weight is 289 g/mol. The highest BCUT2D eigenvalue weighted by atomic mass is 16.7. The number of carbonyl (C=O) groups excluding carboxylic acids is 2. The van der Waals surface area contributed by atoms with E-state index in [1.165, 1.54) is 6.33 Å². The molecule has 2 amide bonds. The van der Waals surface area contributed by atoms with Crippen LogP contribution in [0.3, 0.4) is 0 Å². The fourth-order valence-corrected chi connectivity index (χ4v) is 1.74. The van der Waals surface area contributed by atoms with Crippen LogP contribution in [0, 0.1) is 0 Å². The fourth-order valence-electron chi connectivity index (χ4n) is 1.74. The van der Waals surface area contributed by atoms with E-state index >= 15 is 0 Å². The Kier molecular flexibility index (Phi) is 3.37. The number of H-pyrrole nitrogens is 1. The molecule has 9 nitrogen and oxygen atoms in total. The molecule has 1 aromatic carbocycles. The van der Waals surface area contributed by atoms with Gasteiger partial charge in [-0.3, -0.25) is 14.9 Å². The highest BCUT2D eigenvalue weighted by Gasteiger charge is 2.16. The molecule has 3 rings (SSSR count). The monoisotopic (exact) mass is 289 g/mol. The number of hydrogen-bond acceptors (Lipinski definition) is 6. The van der Waals surface area contributed by atoms with Gasteiger partial charge in [0.15, 0.2) is 11.5 Å². The van der Waals surface area contributed by atoms with E-state index in [1.807, 2.05) is 0 Å². The van der Waals surface area contributed by atoms with Crippen molar-refractivity contribution in [1.82, 2.24) is 20.5 Å². The first-order valence-electron chi connectivity index (χ1n) is 6.05. The number of carbonyl (C=O) groups is 2. The normalized spacial score (nSPS) is 12.0. The van der Waals surface area contributed by atoms with E-state index < -0.39 is 11.8 Å². The summed E-state index contributed by atoms with van der Waals surface area (Å²) in [6.07, 6.45) is 1.22. The summed E-state index contributed by atoms with van der Waals surface area (Å²) in [5.41, 5.74) is 0.792. The van der Waals surface area contributed by atoms with Crippen LogP contribution in [0.2, 0.25) is 0 Å². The van der Waals surface area contributed by atoms with Crippen molar-refractivity contribution in [3.8, 4) is 11.5 Å². The van der Waals surface area contributed by atoms with E-state index in [9.17, 15) is 9.59 Å². The second-order valence-electron chi connectivity index (χ2n) is 4.16. The molecule has 0 saturated heterocycles. The van der Waals surface area contributed by atoms with Crippen LogP contribution in [-0.2, 0) is 16.1 Å². The number of aromatic nitrogens is 3. The van der Waals surface area contributed by atoms with Gasteiger partial charge in [-0.2, -0.15) is 10.1 Å². The molecule has 1 aliphatic heterocycles. The van der Waals surface area contributed by atoms with Crippen molar-refractivity contribution in [3.05, 3.63) is 30.1 Å². The smallest absolute Gasteiger partial charge is 0.316 e. The van der Waals surface area contributed by atoms with Gasteiger partial charge in [-0.25, -0.2) is 5.10 Å². The second kappa shape index (κ2) is 5.49. The summed E-state index contributed by atoms with van der Waals surface area (Å²) in [4.78, 5) is 26.9. The molecule has 9 heteroatoms. The highest BCUT2D eigenvalue weighted by Crippen LogP contribution is 2.32. The van der Waals surface area contributed by atoms with E-state index in [0.29, 0.717) is 11.5 Å². The van der Waals surface area contributed by atoms with Gasteiger partial charge in [0.1, 0.15) is 6.33 Å². The lowest BCUT2D eigenvalue weighted by Gasteiger charge is -2.05. The van der Waals surface area contributed by atoms with Crippen LogP contribution in [0.25, 0.3) is 0 Å². The summed E-state index contributed by atoms with van der Waals surface area (Å²) >= 11 is 0. The van der Waals surface area contributed by atoms with Gasteiger partial charge >= 0.3 is 11.8 Å². The summed E-state index contributed by atoms with van der Waals surface area (Å²) < 4.78 is 10.4. The molecule has 1 aliphatic rings. The molecule has 0 spiro atoms. The van der Waals surface area contributed by atoms with Crippen LogP contribution in [0.5, 0.6) is 11.5 Å². The third-order valence-electron chi connectivity index (χ3n) is 2.74. The Balaban J connectivity index is 1.54. The van der Waals surface area contributed by atoms with Crippen molar-refractivity contribution in [2.45, 2.75) is 6.54 Å². The van der Waals surface area contributed by atoms with Gasteiger partial charge in [0.2, 0.25) is 12.7 Å². The first kappa shape index (κ1) is 12.9. The maximum Gasteiger partial charge on any atom is 0.316 e. The summed E-state index contributed by atoms with van der Waals surface area (Å²) in [5.74, 6) is -0.212. The number of rotatable bonds is 3. The third kappa shape index (κ3) is 2.91. The molecular formula is C12H11N5O4. The number of benzene rings is 1. The van der Waals surface area contributed by atoms with E-state index in [2.05, 4.69) is 25.8 Å². The molecule has 0 radical (unpaired) electrons. The molecule has 2 heterocycles. The summed E-state index contributed by atoms with van der Waals surface area (Å²) in [5, 5.41) is 10.7. The van der Waals surface area contributed by atoms with Crippen molar-refractivity contribution in [3.63, 3.8) is 0 Å². The number of hydrogen-bond donors (Lipinski definition) is 3. The van der Waals surface area contributed by atoms with Crippen molar-refractivity contribution in [1.29, 1.82) is 0 Å². The Morgan fingerprint density at radius 1 is 1.24 bits per heavy atom. The first-order chi connectivity index (χ1) is 10.2. The number of nitrogens with zero attached hydrogens (tertiary/aromatic N) is 2. The lowest BCUT2D eigenvalue weighted by molar-refractivity contribution is -0.136. The molecule has 0 fully saturated rings. The van der Waals surface area contributed by atoms with Crippen molar-refractivity contribution >= 4 is 17.8 Å². The zero-order chi connectivity index (χ0) is 14.7. The fraction of sp³-hybridized carbons (Fsp3) is 0.167.